The lowest BCUT2D eigenvalue weighted by Gasteiger charge is -2.06. The molecule has 1 aromatic rings. The summed E-state index contributed by atoms with van der Waals surface area (Å²) in [5.74, 6) is -1.71. The van der Waals surface area contributed by atoms with Gasteiger partial charge in [0.15, 0.2) is 0 Å². The third-order valence-corrected chi connectivity index (χ3v) is 4.70. The molecule has 0 aliphatic heterocycles. The Morgan fingerprint density at radius 3 is 2.19 bits per heavy atom. The van der Waals surface area contributed by atoms with Gasteiger partial charge in [-0.1, -0.05) is 12.1 Å². The minimum Gasteiger partial charge on any atom is -0.478 e. The fourth-order valence-electron chi connectivity index (χ4n) is 1.52. The lowest BCUT2D eigenvalue weighted by Crippen LogP contribution is -2.28. The summed E-state index contributed by atoms with van der Waals surface area (Å²) in [6, 6.07) is 5.45. The maximum atomic E-state index is 11.7. The Labute approximate surface area is 123 Å². The first kappa shape index (κ1) is 17.6. The van der Waals surface area contributed by atoms with Crippen molar-refractivity contribution in [3.8, 4) is 0 Å². The fourth-order valence-corrected chi connectivity index (χ4v) is 3.25. The molecule has 0 atom stereocenters. The van der Waals surface area contributed by atoms with E-state index in [0.717, 1.165) is 0 Å². The highest BCUT2D eigenvalue weighted by Gasteiger charge is 2.12. The monoisotopic (exact) mass is 336 g/mol. The van der Waals surface area contributed by atoms with Gasteiger partial charge >= 0.3 is 5.97 Å². The number of carboxylic acid groups (broad SMARTS) is 1. The molecular formula is C11H16N2O6S2. The average molecular weight is 336 g/mol. The second kappa shape index (κ2) is 6.98. The number of sulfonamides is 2. The van der Waals surface area contributed by atoms with Crippen molar-refractivity contribution in [1.29, 1.82) is 0 Å². The van der Waals surface area contributed by atoms with E-state index < -0.39 is 26.0 Å². The van der Waals surface area contributed by atoms with Crippen molar-refractivity contribution in [1.82, 2.24) is 4.72 Å². The SMILES string of the molecule is NS(=O)(=O)CCCNS(=O)(=O)Cc1ccc(C(=O)O)cc1. The van der Waals surface area contributed by atoms with Gasteiger partial charge in [-0.05, 0) is 24.1 Å². The Hall–Kier alpha value is -1.49. The molecule has 0 bridgehead atoms. The average Bonchev–Trinajstić information content (AvgIpc) is 2.34. The van der Waals surface area contributed by atoms with Crippen LogP contribution in [0.2, 0.25) is 0 Å². The van der Waals surface area contributed by atoms with Gasteiger partial charge in [-0.25, -0.2) is 31.5 Å². The molecule has 8 nitrogen and oxygen atoms in total. The number of rotatable bonds is 8. The topological polar surface area (TPSA) is 144 Å². The lowest BCUT2D eigenvalue weighted by atomic mass is 10.1. The zero-order chi connectivity index (χ0) is 16.1. The zero-order valence-corrected chi connectivity index (χ0v) is 12.7. The van der Waals surface area contributed by atoms with Crippen molar-refractivity contribution < 1.29 is 26.7 Å². The second-order valence-corrected chi connectivity index (χ2v) is 7.92. The van der Waals surface area contributed by atoms with Crippen LogP contribution in [0.15, 0.2) is 24.3 Å². The number of hydrogen-bond donors (Lipinski definition) is 3. The third kappa shape index (κ3) is 7.18. The first-order valence-electron chi connectivity index (χ1n) is 5.89. The summed E-state index contributed by atoms with van der Waals surface area (Å²) in [5.41, 5.74) is 0.496. The number of nitrogens with two attached hydrogens (primary N) is 1. The van der Waals surface area contributed by atoms with Gasteiger partial charge in [0.25, 0.3) is 0 Å². The first-order chi connectivity index (χ1) is 9.59. The summed E-state index contributed by atoms with van der Waals surface area (Å²) >= 11 is 0. The quantitative estimate of drug-likeness (QED) is 0.545. The van der Waals surface area contributed by atoms with Crippen molar-refractivity contribution in [3.05, 3.63) is 35.4 Å². The van der Waals surface area contributed by atoms with Crippen LogP contribution in [0.5, 0.6) is 0 Å². The molecule has 118 valence electrons. The molecule has 4 N–H and O–H groups in total. The number of aromatic carboxylic acids is 1. The molecular weight excluding hydrogens is 320 g/mol. The van der Waals surface area contributed by atoms with Crippen LogP contribution in [-0.4, -0.2) is 40.2 Å². The molecule has 10 heteroatoms. The number of benzene rings is 1. The van der Waals surface area contributed by atoms with Gasteiger partial charge < -0.3 is 5.11 Å². The third-order valence-electron chi connectivity index (χ3n) is 2.49. The van der Waals surface area contributed by atoms with E-state index in [2.05, 4.69) is 4.72 Å². The molecule has 0 aromatic heterocycles. The minimum absolute atomic E-state index is 0.0357. The molecule has 21 heavy (non-hydrogen) atoms. The van der Waals surface area contributed by atoms with Crippen LogP contribution >= 0.6 is 0 Å². The van der Waals surface area contributed by atoms with E-state index in [-0.39, 0.29) is 30.0 Å². The maximum absolute atomic E-state index is 11.7. The van der Waals surface area contributed by atoms with Crippen molar-refractivity contribution in [2.75, 3.05) is 12.3 Å². The molecule has 0 spiro atoms. The van der Waals surface area contributed by atoms with E-state index >= 15 is 0 Å². The number of primary sulfonamides is 1. The number of carbonyl (C=O) groups is 1. The molecule has 0 aliphatic carbocycles. The highest BCUT2D eigenvalue weighted by Crippen LogP contribution is 2.08. The minimum atomic E-state index is -3.62. The predicted molar refractivity (Wildman–Crippen MR) is 76.6 cm³/mol. The first-order valence-corrected chi connectivity index (χ1v) is 9.26. The largest absolute Gasteiger partial charge is 0.478 e. The van der Waals surface area contributed by atoms with Gasteiger partial charge in [0.1, 0.15) is 0 Å². The number of hydrogen-bond acceptors (Lipinski definition) is 5. The summed E-state index contributed by atoms with van der Waals surface area (Å²) in [5, 5.41) is 13.5. The van der Waals surface area contributed by atoms with Gasteiger partial charge in [0, 0.05) is 6.54 Å². The molecule has 1 aromatic carbocycles. The van der Waals surface area contributed by atoms with Gasteiger partial charge in [-0.3, -0.25) is 0 Å². The smallest absolute Gasteiger partial charge is 0.335 e. The van der Waals surface area contributed by atoms with Gasteiger partial charge in [0.05, 0.1) is 17.1 Å². The zero-order valence-electron chi connectivity index (χ0n) is 11.0. The van der Waals surface area contributed by atoms with Crippen LogP contribution in [-0.2, 0) is 25.8 Å². The lowest BCUT2D eigenvalue weighted by molar-refractivity contribution is 0.0697. The Kier molecular flexibility index (Phi) is 5.84. The van der Waals surface area contributed by atoms with Crippen molar-refractivity contribution in [2.24, 2.45) is 5.14 Å². The molecule has 0 unspecified atom stereocenters. The van der Waals surface area contributed by atoms with Crippen LogP contribution in [0.4, 0.5) is 0 Å². The van der Waals surface area contributed by atoms with Crippen LogP contribution in [0, 0.1) is 0 Å². The van der Waals surface area contributed by atoms with E-state index in [0.29, 0.717) is 5.56 Å². The summed E-state index contributed by atoms with van der Waals surface area (Å²) in [6.07, 6.45) is 0.0794. The second-order valence-electron chi connectivity index (χ2n) is 4.38. The predicted octanol–water partition coefficient (Wildman–Crippen LogP) is -0.517. The normalized spacial score (nSPS) is 12.2. The summed E-state index contributed by atoms with van der Waals surface area (Å²) < 4.78 is 47.1. The van der Waals surface area contributed by atoms with Crippen molar-refractivity contribution in [3.63, 3.8) is 0 Å². The van der Waals surface area contributed by atoms with E-state index in [1.54, 1.807) is 0 Å². The summed E-state index contributed by atoms with van der Waals surface area (Å²) in [6.45, 7) is -0.0357. The molecule has 1 rings (SSSR count). The van der Waals surface area contributed by atoms with Crippen LogP contribution < -0.4 is 9.86 Å². The Bertz CT molecular complexity index is 695. The van der Waals surface area contributed by atoms with E-state index in [9.17, 15) is 21.6 Å². The van der Waals surface area contributed by atoms with E-state index in [1.165, 1.54) is 24.3 Å². The van der Waals surface area contributed by atoms with Crippen LogP contribution in [0.3, 0.4) is 0 Å². The van der Waals surface area contributed by atoms with Gasteiger partial charge in [-0.2, -0.15) is 0 Å². The van der Waals surface area contributed by atoms with Gasteiger partial charge in [-0.15, -0.1) is 0 Å². The highest BCUT2D eigenvalue weighted by atomic mass is 32.2. The molecule has 0 amide bonds. The molecule has 0 aliphatic rings. The summed E-state index contributed by atoms with van der Waals surface area (Å²) in [4.78, 5) is 10.7. The van der Waals surface area contributed by atoms with E-state index in [1.807, 2.05) is 0 Å². The maximum Gasteiger partial charge on any atom is 0.335 e. The van der Waals surface area contributed by atoms with E-state index in [4.69, 9.17) is 10.2 Å². The molecule has 0 saturated carbocycles. The highest BCUT2D eigenvalue weighted by molar-refractivity contribution is 7.89. The Balaban J connectivity index is 2.54. The fraction of sp³-hybridized carbons (Fsp3) is 0.364. The number of carboxylic acids is 1. The number of nitrogens with one attached hydrogen (secondary N) is 1. The molecule has 0 fully saturated rings. The molecule has 0 saturated heterocycles. The molecule has 0 heterocycles. The van der Waals surface area contributed by atoms with Crippen molar-refractivity contribution in [2.45, 2.75) is 12.2 Å². The van der Waals surface area contributed by atoms with Gasteiger partial charge in [0.2, 0.25) is 20.0 Å². The van der Waals surface area contributed by atoms with Crippen LogP contribution in [0.1, 0.15) is 22.3 Å². The standard InChI is InChI=1S/C11H16N2O6S2/c12-20(16,17)7-1-6-13-21(18,19)8-9-2-4-10(5-3-9)11(14)15/h2-5,13H,1,6-8H2,(H,14,15)(H2,12,16,17). The van der Waals surface area contributed by atoms with Crippen LogP contribution in [0.25, 0.3) is 0 Å². The Morgan fingerprint density at radius 2 is 1.71 bits per heavy atom. The van der Waals surface area contributed by atoms with Crippen molar-refractivity contribution >= 4 is 26.0 Å². The molecule has 0 radical (unpaired) electrons. The Morgan fingerprint density at radius 1 is 1.14 bits per heavy atom. The summed E-state index contributed by atoms with van der Waals surface area (Å²) in [7, 11) is -7.22.